The minimum absolute atomic E-state index is 0.0942. The van der Waals surface area contributed by atoms with Gasteiger partial charge in [-0.2, -0.15) is 0 Å². The van der Waals surface area contributed by atoms with E-state index in [4.69, 9.17) is 20.2 Å². The number of para-hydroxylation sites is 1. The minimum Gasteiger partial charge on any atom is -0.493 e. The molecule has 0 amide bonds. The maximum Gasteiger partial charge on any atom is 0.236 e. The number of hydrogen-bond acceptors (Lipinski definition) is 5. The van der Waals surface area contributed by atoms with E-state index in [9.17, 15) is 8.42 Å². The Labute approximate surface area is 123 Å². The minimum atomic E-state index is -3.63. The first-order chi connectivity index (χ1) is 9.39. The van der Waals surface area contributed by atoms with Gasteiger partial charge in [-0.15, -0.1) is 0 Å². The number of likely N-dealkylation sites (N-methyl/N-ethyl adjacent to an activating group) is 1. The summed E-state index contributed by atoms with van der Waals surface area (Å²) < 4.78 is 33.7. The third-order valence-corrected chi connectivity index (χ3v) is 4.22. The fourth-order valence-corrected chi connectivity index (χ4v) is 3.31. The van der Waals surface area contributed by atoms with Gasteiger partial charge in [0.05, 0.1) is 12.9 Å². The summed E-state index contributed by atoms with van der Waals surface area (Å²) in [5, 5.41) is 0. The standard InChI is InChI=1S/C13H18ClNO4S/c1-15-7-6-11(8-15)19-12-5-3-4-10(13(12)18-2)9-20(14,16)17/h3-5,11H,6-9H2,1-2H3. The summed E-state index contributed by atoms with van der Waals surface area (Å²) in [6.45, 7) is 1.84. The lowest BCUT2D eigenvalue weighted by Crippen LogP contribution is -2.21. The van der Waals surface area contributed by atoms with Crippen molar-refractivity contribution in [2.75, 3.05) is 27.2 Å². The van der Waals surface area contributed by atoms with Gasteiger partial charge in [0.1, 0.15) is 6.10 Å². The molecule has 1 aliphatic heterocycles. The van der Waals surface area contributed by atoms with Crippen LogP contribution in [0.4, 0.5) is 0 Å². The normalized spacial score (nSPS) is 20.1. The Morgan fingerprint density at radius 1 is 1.45 bits per heavy atom. The van der Waals surface area contributed by atoms with Gasteiger partial charge < -0.3 is 14.4 Å². The van der Waals surface area contributed by atoms with Crippen LogP contribution in [0.1, 0.15) is 12.0 Å². The van der Waals surface area contributed by atoms with Crippen molar-refractivity contribution >= 4 is 19.7 Å². The van der Waals surface area contributed by atoms with Crippen molar-refractivity contribution < 1.29 is 17.9 Å². The molecule has 0 radical (unpaired) electrons. The Morgan fingerprint density at radius 2 is 2.20 bits per heavy atom. The van der Waals surface area contributed by atoms with Crippen LogP contribution in [0.5, 0.6) is 11.5 Å². The number of halogens is 1. The zero-order chi connectivity index (χ0) is 14.8. The van der Waals surface area contributed by atoms with Gasteiger partial charge in [0.2, 0.25) is 9.05 Å². The van der Waals surface area contributed by atoms with E-state index in [1.165, 1.54) is 7.11 Å². The maximum absolute atomic E-state index is 11.2. The monoisotopic (exact) mass is 319 g/mol. The van der Waals surface area contributed by atoms with Gasteiger partial charge in [0.15, 0.2) is 11.5 Å². The summed E-state index contributed by atoms with van der Waals surface area (Å²) in [5.74, 6) is 0.719. The Kier molecular flexibility index (Phi) is 4.78. The van der Waals surface area contributed by atoms with Crippen LogP contribution in [0, 0.1) is 0 Å². The molecule has 1 unspecified atom stereocenters. The van der Waals surface area contributed by atoms with Gasteiger partial charge in [-0.25, -0.2) is 8.42 Å². The van der Waals surface area contributed by atoms with Crippen LogP contribution in [-0.4, -0.2) is 46.7 Å². The summed E-state index contributed by atoms with van der Waals surface area (Å²) in [5.41, 5.74) is 0.506. The highest BCUT2D eigenvalue weighted by Crippen LogP contribution is 2.34. The van der Waals surface area contributed by atoms with E-state index in [0.29, 0.717) is 17.1 Å². The van der Waals surface area contributed by atoms with Gasteiger partial charge in [-0.1, -0.05) is 12.1 Å². The first-order valence-corrected chi connectivity index (χ1v) is 8.80. The number of methoxy groups -OCH3 is 1. The molecule has 1 aliphatic rings. The lowest BCUT2D eigenvalue weighted by molar-refractivity contribution is 0.199. The molecule has 0 spiro atoms. The van der Waals surface area contributed by atoms with Crippen molar-refractivity contribution in [3.8, 4) is 11.5 Å². The van der Waals surface area contributed by atoms with Crippen molar-refractivity contribution in [3.05, 3.63) is 23.8 Å². The van der Waals surface area contributed by atoms with E-state index in [0.717, 1.165) is 19.5 Å². The topological polar surface area (TPSA) is 55.8 Å². The molecule has 1 aromatic carbocycles. The first kappa shape index (κ1) is 15.4. The van der Waals surface area contributed by atoms with Crippen molar-refractivity contribution in [2.24, 2.45) is 0 Å². The largest absolute Gasteiger partial charge is 0.493 e. The molecule has 0 saturated carbocycles. The SMILES string of the molecule is COc1c(CS(=O)(=O)Cl)cccc1OC1CCN(C)C1. The van der Waals surface area contributed by atoms with E-state index in [2.05, 4.69) is 4.90 Å². The first-order valence-electron chi connectivity index (χ1n) is 6.32. The average Bonchev–Trinajstić information content (AvgIpc) is 2.73. The molecule has 2 rings (SSSR count). The van der Waals surface area contributed by atoms with Crippen molar-refractivity contribution in [1.82, 2.24) is 4.90 Å². The smallest absolute Gasteiger partial charge is 0.236 e. The van der Waals surface area contributed by atoms with Crippen LogP contribution in [0.2, 0.25) is 0 Å². The molecule has 1 saturated heterocycles. The number of ether oxygens (including phenoxy) is 2. The molecule has 20 heavy (non-hydrogen) atoms. The molecule has 1 atom stereocenters. The molecule has 0 bridgehead atoms. The van der Waals surface area contributed by atoms with Crippen LogP contribution in [0.15, 0.2) is 18.2 Å². The third kappa shape index (κ3) is 4.01. The number of rotatable bonds is 5. The maximum atomic E-state index is 11.2. The quantitative estimate of drug-likeness (QED) is 0.775. The molecular formula is C13H18ClNO4S. The van der Waals surface area contributed by atoms with Gasteiger partial charge >= 0.3 is 0 Å². The molecule has 1 fully saturated rings. The Bertz CT molecular complexity index is 576. The molecule has 112 valence electrons. The predicted octanol–water partition coefficient (Wildman–Crippen LogP) is 1.85. The average molecular weight is 320 g/mol. The van der Waals surface area contributed by atoms with Crippen LogP contribution >= 0.6 is 10.7 Å². The number of likely N-dealkylation sites (tertiary alicyclic amines) is 1. The van der Waals surface area contributed by atoms with Crippen molar-refractivity contribution in [1.29, 1.82) is 0 Å². The molecule has 0 N–H and O–H groups in total. The van der Waals surface area contributed by atoms with Gasteiger partial charge in [0.25, 0.3) is 0 Å². The molecule has 5 nitrogen and oxygen atoms in total. The van der Waals surface area contributed by atoms with E-state index in [1.807, 2.05) is 7.05 Å². The molecule has 7 heteroatoms. The molecule has 0 aliphatic carbocycles. The second-order valence-corrected chi connectivity index (χ2v) is 7.70. The second kappa shape index (κ2) is 6.20. The Balaban J connectivity index is 2.22. The van der Waals surface area contributed by atoms with Crippen LogP contribution in [0.3, 0.4) is 0 Å². The highest BCUT2D eigenvalue weighted by molar-refractivity contribution is 8.13. The van der Waals surface area contributed by atoms with Crippen molar-refractivity contribution in [3.63, 3.8) is 0 Å². The van der Waals surface area contributed by atoms with Gasteiger partial charge in [0, 0.05) is 29.3 Å². The Morgan fingerprint density at radius 3 is 2.75 bits per heavy atom. The second-order valence-electron chi connectivity index (χ2n) is 4.92. The molecular weight excluding hydrogens is 302 g/mol. The summed E-state index contributed by atoms with van der Waals surface area (Å²) in [6.07, 6.45) is 1.04. The summed E-state index contributed by atoms with van der Waals surface area (Å²) in [7, 11) is 5.21. The lowest BCUT2D eigenvalue weighted by Gasteiger charge is -2.18. The van der Waals surface area contributed by atoms with Crippen LogP contribution < -0.4 is 9.47 Å². The van der Waals surface area contributed by atoms with E-state index in [1.54, 1.807) is 18.2 Å². The summed E-state index contributed by atoms with van der Waals surface area (Å²) in [6, 6.07) is 5.20. The van der Waals surface area contributed by atoms with E-state index < -0.39 is 9.05 Å². The summed E-state index contributed by atoms with van der Waals surface area (Å²) in [4.78, 5) is 2.18. The lowest BCUT2D eigenvalue weighted by atomic mass is 10.2. The highest BCUT2D eigenvalue weighted by atomic mass is 35.7. The fraction of sp³-hybridized carbons (Fsp3) is 0.538. The molecule has 1 heterocycles. The number of nitrogens with zero attached hydrogens (tertiary/aromatic N) is 1. The molecule has 0 aromatic heterocycles. The highest BCUT2D eigenvalue weighted by Gasteiger charge is 2.23. The summed E-state index contributed by atoms with van der Waals surface area (Å²) >= 11 is 0. The number of hydrogen-bond donors (Lipinski definition) is 0. The molecule has 1 aromatic rings. The van der Waals surface area contributed by atoms with E-state index >= 15 is 0 Å². The van der Waals surface area contributed by atoms with Crippen LogP contribution in [-0.2, 0) is 14.8 Å². The van der Waals surface area contributed by atoms with Gasteiger partial charge in [-0.05, 0) is 19.5 Å². The zero-order valence-electron chi connectivity index (χ0n) is 11.5. The number of benzene rings is 1. The Hall–Kier alpha value is -0.980. The van der Waals surface area contributed by atoms with Gasteiger partial charge in [-0.3, -0.25) is 0 Å². The van der Waals surface area contributed by atoms with Crippen molar-refractivity contribution in [2.45, 2.75) is 18.3 Å². The van der Waals surface area contributed by atoms with E-state index in [-0.39, 0.29) is 11.9 Å². The predicted molar refractivity (Wildman–Crippen MR) is 78.0 cm³/mol. The zero-order valence-corrected chi connectivity index (χ0v) is 13.1. The fourth-order valence-electron chi connectivity index (χ4n) is 2.36. The third-order valence-electron chi connectivity index (χ3n) is 3.23. The van der Waals surface area contributed by atoms with Crippen LogP contribution in [0.25, 0.3) is 0 Å².